The third-order valence-electron chi connectivity index (χ3n) is 10.3. The smallest absolute Gasteiger partial charge is 0.155 e. The minimum Gasteiger partial charge on any atom is -0.309 e. The van der Waals surface area contributed by atoms with Crippen LogP contribution < -0.4 is 0 Å². The van der Waals surface area contributed by atoms with Crippen LogP contribution in [-0.2, 0) is 0 Å². The number of fused-ring (bicyclic) bond motifs is 8. The van der Waals surface area contributed by atoms with Gasteiger partial charge in [0, 0.05) is 49.1 Å². The Morgan fingerprint density at radius 3 is 2.02 bits per heavy atom. The van der Waals surface area contributed by atoms with Gasteiger partial charge in [0.1, 0.15) is 0 Å². The molecule has 0 amide bonds. The van der Waals surface area contributed by atoms with Crippen molar-refractivity contribution in [1.29, 1.82) is 0 Å². The first kappa shape index (κ1) is 30.3. The zero-order chi connectivity index (χ0) is 34.8. The number of rotatable bonds is 6. The molecule has 0 radical (unpaired) electrons. The average Bonchev–Trinajstić information content (AvgIpc) is 3.86. The van der Waals surface area contributed by atoms with Crippen molar-refractivity contribution in [3.05, 3.63) is 176 Å². The molecule has 0 saturated heterocycles. The molecule has 0 spiro atoms. The number of benzene rings is 6. The fourth-order valence-corrected chi connectivity index (χ4v) is 9.21. The number of hydrogen-bond donors (Lipinski definition) is 0. The van der Waals surface area contributed by atoms with Crippen LogP contribution in [0.3, 0.4) is 0 Å². The maximum atomic E-state index is 5.06. The van der Waals surface area contributed by atoms with E-state index < -0.39 is 0 Å². The summed E-state index contributed by atoms with van der Waals surface area (Å²) in [5, 5.41) is 6.11. The van der Waals surface area contributed by atoms with E-state index >= 15 is 0 Å². The van der Waals surface area contributed by atoms with Crippen molar-refractivity contribution in [2.45, 2.75) is 6.92 Å². The Balaban J connectivity index is 1.20. The van der Waals surface area contributed by atoms with Gasteiger partial charge in [-0.05, 0) is 83.8 Å². The number of pyridine rings is 1. The molecule has 6 aromatic carbocycles. The van der Waals surface area contributed by atoms with E-state index in [1.165, 1.54) is 64.1 Å². The van der Waals surface area contributed by atoms with Gasteiger partial charge in [-0.15, -0.1) is 11.3 Å². The molecule has 4 aromatic heterocycles. The van der Waals surface area contributed by atoms with Crippen molar-refractivity contribution in [2.75, 3.05) is 0 Å². The zero-order valence-electron chi connectivity index (χ0n) is 28.6. The van der Waals surface area contributed by atoms with Crippen molar-refractivity contribution >= 4 is 76.4 Å². The number of nitrogens with zero attached hydrogens (tertiary/aromatic N) is 3. The number of hydrogen-bond acceptors (Lipinski definition) is 2. The summed E-state index contributed by atoms with van der Waals surface area (Å²) in [4.78, 5) is 5.06. The SMILES string of the molecule is C=Cc1c(/C=C\C)n(-c2nccc3c2sc2ccccc23)c2ccc3c(c4ccccc4n3-c3ccc(-c4cccc(-c5ccccc5)c4)cc3)c12. The highest BCUT2D eigenvalue weighted by Gasteiger charge is 2.24. The summed E-state index contributed by atoms with van der Waals surface area (Å²) in [5.74, 6) is 0.944. The van der Waals surface area contributed by atoms with E-state index in [1.807, 2.05) is 12.3 Å². The summed E-state index contributed by atoms with van der Waals surface area (Å²) in [6.45, 7) is 6.45. The third kappa shape index (κ3) is 4.55. The van der Waals surface area contributed by atoms with Crippen LogP contribution in [0.25, 0.3) is 98.8 Å². The Labute approximate surface area is 305 Å². The van der Waals surface area contributed by atoms with Gasteiger partial charge in [-0.25, -0.2) is 4.98 Å². The number of allylic oxidation sites excluding steroid dienone is 1. The first-order chi connectivity index (χ1) is 25.7. The molecule has 10 rings (SSSR count). The molecule has 4 heteroatoms. The summed E-state index contributed by atoms with van der Waals surface area (Å²) in [5.41, 5.74) is 11.6. The Kier molecular flexibility index (Phi) is 7.05. The maximum Gasteiger partial charge on any atom is 0.155 e. The molecule has 0 bridgehead atoms. The molecule has 52 heavy (non-hydrogen) atoms. The average molecular weight is 684 g/mol. The Hall–Kier alpha value is -6.49. The summed E-state index contributed by atoms with van der Waals surface area (Å²) < 4.78 is 7.19. The van der Waals surface area contributed by atoms with Gasteiger partial charge >= 0.3 is 0 Å². The first-order valence-electron chi connectivity index (χ1n) is 17.6. The highest BCUT2D eigenvalue weighted by molar-refractivity contribution is 7.26. The van der Waals surface area contributed by atoms with Crippen molar-refractivity contribution in [2.24, 2.45) is 0 Å². The van der Waals surface area contributed by atoms with Gasteiger partial charge in [-0.1, -0.05) is 116 Å². The lowest BCUT2D eigenvalue weighted by atomic mass is 9.99. The predicted octanol–water partition coefficient (Wildman–Crippen LogP) is 13.5. The van der Waals surface area contributed by atoms with Gasteiger partial charge in [-0.3, -0.25) is 4.57 Å². The predicted molar refractivity (Wildman–Crippen MR) is 224 cm³/mol. The molecule has 0 fully saturated rings. The lowest BCUT2D eigenvalue weighted by Crippen LogP contribution is -2.00. The molecule has 0 saturated carbocycles. The molecule has 10 aromatic rings. The largest absolute Gasteiger partial charge is 0.309 e. The van der Waals surface area contributed by atoms with Gasteiger partial charge in [0.05, 0.1) is 26.9 Å². The quantitative estimate of drug-likeness (QED) is 0.171. The van der Waals surface area contributed by atoms with Crippen LogP contribution in [0.4, 0.5) is 0 Å². The fraction of sp³-hybridized carbons (Fsp3) is 0.0208. The normalized spacial score (nSPS) is 11.9. The van der Waals surface area contributed by atoms with Crippen LogP contribution in [0.1, 0.15) is 18.2 Å². The highest BCUT2D eigenvalue weighted by Crippen LogP contribution is 2.44. The van der Waals surface area contributed by atoms with Crippen LogP contribution in [0, 0.1) is 0 Å². The minimum atomic E-state index is 0.944. The van der Waals surface area contributed by atoms with Crippen LogP contribution in [0.2, 0.25) is 0 Å². The maximum absolute atomic E-state index is 5.06. The van der Waals surface area contributed by atoms with Crippen molar-refractivity contribution in [1.82, 2.24) is 14.1 Å². The minimum absolute atomic E-state index is 0.944. The molecule has 4 heterocycles. The van der Waals surface area contributed by atoms with Gasteiger partial charge in [-0.2, -0.15) is 0 Å². The second kappa shape index (κ2) is 12.1. The molecular weight excluding hydrogens is 651 g/mol. The molecule has 0 N–H and O–H groups in total. The van der Waals surface area contributed by atoms with Crippen molar-refractivity contribution in [3.8, 4) is 33.8 Å². The van der Waals surface area contributed by atoms with E-state index in [2.05, 4.69) is 180 Å². The topological polar surface area (TPSA) is 22.8 Å². The van der Waals surface area contributed by atoms with Gasteiger partial charge in [0.25, 0.3) is 0 Å². The molecule has 0 aliphatic carbocycles. The zero-order valence-corrected chi connectivity index (χ0v) is 29.4. The van der Waals surface area contributed by atoms with Gasteiger partial charge in [0.15, 0.2) is 5.82 Å². The van der Waals surface area contributed by atoms with E-state index in [4.69, 9.17) is 4.98 Å². The lowest BCUT2D eigenvalue weighted by Gasteiger charge is -2.11. The van der Waals surface area contributed by atoms with Crippen LogP contribution >= 0.6 is 11.3 Å². The van der Waals surface area contributed by atoms with E-state index in [1.54, 1.807) is 11.3 Å². The molecular formula is C48H33N3S. The summed E-state index contributed by atoms with van der Waals surface area (Å²) in [6, 6.07) is 52.4. The third-order valence-corrected chi connectivity index (χ3v) is 11.5. The number of thiophene rings is 1. The number of aromatic nitrogens is 3. The molecule has 0 unspecified atom stereocenters. The van der Waals surface area contributed by atoms with Crippen LogP contribution in [0.5, 0.6) is 0 Å². The standard InChI is InChI=1S/C48H33N3S/c1-3-13-40-36(4-2)45-43(51(40)48-47-38(28-29-49-48)37-18-9-11-21-44(37)52-47)27-26-42-46(45)39-19-8-10-20-41(39)50(42)35-24-22-32(23-25-35)34-17-12-16-33(30-34)31-14-6-5-7-15-31/h3-30H,2H2,1H3/b13-3-. The molecule has 0 aliphatic heterocycles. The van der Waals surface area contributed by atoms with Crippen molar-refractivity contribution in [3.63, 3.8) is 0 Å². The number of para-hydroxylation sites is 1. The van der Waals surface area contributed by atoms with E-state index in [0.717, 1.165) is 33.8 Å². The van der Waals surface area contributed by atoms with Gasteiger partial charge in [0.2, 0.25) is 0 Å². The molecule has 246 valence electrons. The highest BCUT2D eigenvalue weighted by atomic mass is 32.1. The second-order valence-corrected chi connectivity index (χ2v) is 14.2. The Morgan fingerprint density at radius 1 is 0.577 bits per heavy atom. The van der Waals surface area contributed by atoms with Crippen LogP contribution in [-0.4, -0.2) is 14.1 Å². The lowest BCUT2D eigenvalue weighted by molar-refractivity contribution is 1.05. The Morgan fingerprint density at radius 2 is 1.25 bits per heavy atom. The summed E-state index contributed by atoms with van der Waals surface area (Å²) in [7, 11) is 0. The van der Waals surface area contributed by atoms with E-state index in [0.29, 0.717) is 0 Å². The first-order valence-corrected chi connectivity index (χ1v) is 18.4. The summed E-state index contributed by atoms with van der Waals surface area (Å²) >= 11 is 1.80. The van der Waals surface area contributed by atoms with Crippen molar-refractivity contribution < 1.29 is 0 Å². The van der Waals surface area contributed by atoms with E-state index in [-0.39, 0.29) is 0 Å². The summed E-state index contributed by atoms with van der Waals surface area (Å²) in [6.07, 6.45) is 8.27. The van der Waals surface area contributed by atoms with E-state index in [9.17, 15) is 0 Å². The second-order valence-electron chi connectivity index (χ2n) is 13.1. The molecule has 0 atom stereocenters. The monoisotopic (exact) mass is 683 g/mol. The molecule has 3 nitrogen and oxygen atoms in total. The van der Waals surface area contributed by atoms with Crippen LogP contribution in [0.15, 0.2) is 164 Å². The Bertz CT molecular complexity index is 3030. The molecule has 0 aliphatic rings. The van der Waals surface area contributed by atoms with Gasteiger partial charge < -0.3 is 4.57 Å². The fourth-order valence-electron chi connectivity index (χ4n) is 8.03.